The summed E-state index contributed by atoms with van der Waals surface area (Å²) in [4.78, 5) is 43.2. The van der Waals surface area contributed by atoms with E-state index < -0.39 is 35.5 Å². The van der Waals surface area contributed by atoms with Crippen molar-refractivity contribution in [3.05, 3.63) is 47.5 Å². The first-order chi connectivity index (χ1) is 21.8. The van der Waals surface area contributed by atoms with E-state index in [4.69, 9.17) is 11.3 Å². The quantitative estimate of drug-likeness (QED) is 0.219. The Kier molecular flexibility index (Phi) is 9.70. The van der Waals surface area contributed by atoms with Crippen LogP contribution in [-0.2, 0) is 25.6 Å². The van der Waals surface area contributed by atoms with Gasteiger partial charge in [-0.2, -0.15) is 0 Å². The van der Waals surface area contributed by atoms with E-state index in [9.17, 15) is 24.6 Å². The molecule has 46 heavy (non-hydrogen) atoms. The fraction of sp³-hybridized carbons (Fsp3) is 0.622. The molecule has 248 valence electrons. The minimum atomic E-state index is -1.15. The Balaban J connectivity index is 1.16. The van der Waals surface area contributed by atoms with Gasteiger partial charge in [0.25, 0.3) is 5.91 Å². The summed E-state index contributed by atoms with van der Waals surface area (Å²) < 4.78 is 0. The molecular weight excluding hydrogens is 582 g/mol. The molecule has 0 bridgehead atoms. The van der Waals surface area contributed by atoms with Gasteiger partial charge in [0.2, 0.25) is 5.91 Å². The van der Waals surface area contributed by atoms with Crippen LogP contribution in [0.25, 0.3) is 0 Å². The topological polar surface area (TPSA) is 137 Å². The Morgan fingerprint density at radius 2 is 1.76 bits per heavy atom. The number of aliphatic carboxylic acids is 1. The van der Waals surface area contributed by atoms with Crippen LogP contribution in [0.4, 0.5) is 0 Å². The molecule has 0 heterocycles. The number of terminal acetylenes is 1. The molecule has 9 heteroatoms. The number of nitrogens with zero attached hydrogens (tertiary/aromatic N) is 1. The Morgan fingerprint density at radius 1 is 1.04 bits per heavy atom. The third-order valence-corrected chi connectivity index (χ3v) is 11.9. The number of amides is 2. The Labute approximate surface area is 272 Å². The molecule has 3 fully saturated rings. The number of carboxylic acids is 1. The van der Waals surface area contributed by atoms with Crippen molar-refractivity contribution in [1.82, 2.24) is 10.6 Å². The molecule has 1 aromatic rings. The number of carboxylic acid groups (broad SMARTS) is 1. The van der Waals surface area contributed by atoms with Crippen molar-refractivity contribution in [2.75, 3.05) is 6.61 Å². The summed E-state index contributed by atoms with van der Waals surface area (Å²) >= 11 is 0. The summed E-state index contributed by atoms with van der Waals surface area (Å²) in [6.45, 7) is 7.82. The molecule has 0 aromatic heterocycles. The number of carbonyl (C=O) groups is 3. The summed E-state index contributed by atoms with van der Waals surface area (Å²) in [6.07, 6.45) is 15.6. The molecule has 4 aliphatic carbocycles. The molecule has 5 rings (SSSR count). The van der Waals surface area contributed by atoms with Crippen LogP contribution >= 0.6 is 0 Å². The second-order valence-corrected chi connectivity index (χ2v) is 14.7. The van der Waals surface area contributed by atoms with Gasteiger partial charge in [-0.05, 0) is 92.1 Å². The zero-order valence-corrected chi connectivity index (χ0v) is 27.6. The minimum Gasteiger partial charge on any atom is -0.480 e. The Bertz CT molecular complexity index is 1430. The number of benzene rings is 1. The molecule has 3 saturated carbocycles. The Hall–Kier alpha value is -3.64. The highest BCUT2D eigenvalue weighted by Crippen LogP contribution is 2.67. The highest BCUT2D eigenvalue weighted by Gasteiger charge is 2.63. The maximum Gasteiger partial charge on any atom is 0.326 e. The van der Waals surface area contributed by atoms with Crippen molar-refractivity contribution in [2.45, 2.75) is 103 Å². The largest absolute Gasteiger partial charge is 0.480 e. The van der Waals surface area contributed by atoms with Gasteiger partial charge in [0.1, 0.15) is 17.7 Å². The first-order valence-corrected chi connectivity index (χ1v) is 16.8. The lowest BCUT2D eigenvalue weighted by atomic mass is 9.46. The lowest BCUT2D eigenvalue weighted by Crippen LogP contribution is -2.54. The first-order valence-electron chi connectivity index (χ1n) is 16.8. The van der Waals surface area contributed by atoms with Gasteiger partial charge in [-0.3, -0.25) is 9.59 Å². The number of carbonyl (C=O) groups excluding carboxylic acids is 2. The molecule has 0 aliphatic heterocycles. The number of hydrogen-bond donors (Lipinski definition) is 4. The van der Waals surface area contributed by atoms with Crippen molar-refractivity contribution in [2.24, 2.45) is 39.7 Å². The molecule has 0 radical (unpaired) electrons. The lowest BCUT2D eigenvalue weighted by Gasteiger charge is -2.58. The highest BCUT2D eigenvalue weighted by molar-refractivity contribution is 5.96. The van der Waals surface area contributed by atoms with Gasteiger partial charge in [0.15, 0.2) is 6.61 Å². The Morgan fingerprint density at radius 3 is 2.43 bits per heavy atom. The van der Waals surface area contributed by atoms with Crippen molar-refractivity contribution >= 4 is 23.5 Å². The van der Waals surface area contributed by atoms with Gasteiger partial charge in [0, 0.05) is 11.8 Å². The third-order valence-electron chi connectivity index (χ3n) is 11.9. The van der Waals surface area contributed by atoms with E-state index in [2.05, 4.69) is 41.6 Å². The van der Waals surface area contributed by atoms with Gasteiger partial charge < -0.3 is 25.7 Å². The van der Waals surface area contributed by atoms with Crippen LogP contribution in [0.15, 0.2) is 47.1 Å². The van der Waals surface area contributed by atoms with E-state index in [1.807, 2.05) is 18.2 Å². The van der Waals surface area contributed by atoms with Crippen LogP contribution in [-0.4, -0.2) is 58.0 Å². The van der Waals surface area contributed by atoms with Crippen LogP contribution < -0.4 is 10.6 Å². The number of rotatable bonds is 10. The summed E-state index contributed by atoms with van der Waals surface area (Å²) in [7, 11) is 0. The standard InChI is InChI=1S/C37H49N3O6/c1-6-37(45)19-16-29-27-13-12-25-21-26(14-17-35(25,4)28(27)15-18-36(29,37)5)40-46-22-31(41)39-32(23(2)3)33(42)38-30(34(43)44)20-24-10-8-7-9-11-24/h1,7-11,21,23,27-30,32,45H,12-20,22H2,2-5H3,(H,38,42)(H,39,41)(H,43,44)/b40-26+/t27-,28+,29+,30-,32+,35+,36+,37-/m1/s1. The van der Waals surface area contributed by atoms with Crippen LogP contribution in [0.1, 0.15) is 84.6 Å². The summed E-state index contributed by atoms with van der Waals surface area (Å²) in [6, 6.07) is 7.02. The second kappa shape index (κ2) is 13.2. The van der Waals surface area contributed by atoms with Gasteiger partial charge in [-0.15, -0.1) is 6.42 Å². The van der Waals surface area contributed by atoms with Gasteiger partial charge in [-0.1, -0.05) is 74.7 Å². The van der Waals surface area contributed by atoms with Crippen LogP contribution in [0.3, 0.4) is 0 Å². The van der Waals surface area contributed by atoms with Crippen molar-refractivity contribution in [1.29, 1.82) is 0 Å². The SMILES string of the molecule is C#C[C@@]1(O)CC[C@H]2[C@@H]3CCC4=C/C(=N/OCC(=O)N[C@H](C(=O)N[C@H](Cc5ccccc5)C(=O)O)C(C)C)CC[C@]4(C)[C@H]3CC[C@@]21C. The lowest BCUT2D eigenvalue weighted by molar-refractivity contribution is -0.142. The third kappa shape index (κ3) is 6.33. The number of aliphatic hydroxyl groups is 1. The number of allylic oxidation sites excluding steroid dienone is 2. The zero-order valence-electron chi connectivity index (χ0n) is 27.6. The van der Waals surface area contributed by atoms with E-state index in [0.29, 0.717) is 24.2 Å². The van der Waals surface area contributed by atoms with E-state index in [0.717, 1.165) is 56.2 Å². The molecule has 4 N–H and O–H groups in total. The molecule has 4 aliphatic rings. The summed E-state index contributed by atoms with van der Waals surface area (Å²) in [5.41, 5.74) is 1.84. The van der Waals surface area contributed by atoms with Crippen LogP contribution in [0.2, 0.25) is 0 Å². The number of fused-ring (bicyclic) bond motifs is 5. The van der Waals surface area contributed by atoms with Crippen molar-refractivity contribution in [3.8, 4) is 12.3 Å². The molecular formula is C37H49N3O6. The second-order valence-electron chi connectivity index (χ2n) is 14.7. The normalized spacial score (nSPS) is 33.8. The zero-order chi connectivity index (χ0) is 33.3. The van der Waals surface area contributed by atoms with E-state index in [1.54, 1.807) is 26.0 Å². The van der Waals surface area contributed by atoms with Gasteiger partial charge in [0.05, 0.1) is 5.71 Å². The van der Waals surface area contributed by atoms with Crippen molar-refractivity contribution < 1.29 is 29.4 Å². The molecule has 8 atom stereocenters. The molecule has 1 aromatic carbocycles. The monoisotopic (exact) mass is 631 g/mol. The maximum atomic E-state index is 13.1. The van der Waals surface area contributed by atoms with E-state index in [1.165, 1.54) is 5.57 Å². The van der Waals surface area contributed by atoms with Crippen LogP contribution in [0, 0.1) is 46.8 Å². The number of oxime groups is 1. The maximum absolute atomic E-state index is 13.1. The van der Waals surface area contributed by atoms with Crippen LogP contribution in [0.5, 0.6) is 0 Å². The smallest absolute Gasteiger partial charge is 0.326 e. The molecule has 0 spiro atoms. The average molecular weight is 632 g/mol. The highest BCUT2D eigenvalue weighted by atomic mass is 16.6. The fourth-order valence-electron chi connectivity index (χ4n) is 9.13. The molecule has 0 unspecified atom stereocenters. The fourth-order valence-corrected chi connectivity index (χ4v) is 9.13. The predicted octanol–water partition coefficient (Wildman–Crippen LogP) is 4.64. The van der Waals surface area contributed by atoms with Gasteiger partial charge >= 0.3 is 5.97 Å². The van der Waals surface area contributed by atoms with Crippen molar-refractivity contribution in [3.63, 3.8) is 0 Å². The molecule has 9 nitrogen and oxygen atoms in total. The first kappa shape index (κ1) is 33.7. The number of hydrogen-bond acceptors (Lipinski definition) is 6. The number of nitrogens with one attached hydrogen (secondary N) is 2. The molecule has 0 saturated heterocycles. The van der Waals surface area contributed by atoms with E-state index in [-0.39, 0.29) is 29.8 Å². The average Bonchev–Trinajstić information content (AvgIpc) is 3.30. The van der Waals surface area contributed by atoms with E-state index >= 15 is 0 Å². The van der Waals surface area contributed by atoms with Gasteiger partial charge in [-0.25, -0.2) is 4.79 Å². The minimum absolute atomic E-state index is 0.0731. The summed E-state index contributed by atoms with van der Waals surface area (Å²) in [5, 5.41) is 30.5. The molecule has 2 amide bonds. The predicted molar refractivity (Wildman–Crippen MR) is 175 cm³/mol. The summed E-state index contributed by atoms with van der Waals surface area (Å²) in [5.74, 6) is 1.81.